The quantitative estimate of drug-likeness (QED) is 0.696. The first-order valence-electron chi connectivity index (χ1n) is 6.62. The van der Waals surface area contributed by atoms with Crippen LogP contribution in [0.4, 0.5) is 5.69 Å². The molecule has 0 aliphatic carbocycles. The van der Waals surface area contributed by atoms with Crippen molar-refractivity contribution in [3.8, 4) is 0 Å². The van der Waals surface area contributed by atoms with E-state index in [-0.39, 0.29) is 12.3 Å². The number of nitrogen functional groups attached to an aromatic ring is 1. The first-order valence-corrected chi connectivity index (χ1v) is 6.62. The minimum absolute atomic E-state index is 0.0512. The fourth-order valence-electron chi connectivity index (χ4n) is 1.45. The van der Waals surface area contributed by atoms with E-state index in [0.717, 1.165) is 13.0 Å². The highest BCUT2D eigenvalue weighted by Crippen LogP contribution is 2.01. The van der Waals surface area contributed by atoms with Crippen molar-refractivity contribution < 1.29 is 9.53 Å². The Hall–Kier alpha value is -1.62. The number of hydrogen-bond donors (Lipinski definition) is 2. The molecule has 1 rings (SSSR count). The van der Waals surface area contributed by atoms with Crippen LogP contribution < -0.4 is 11.1 Å². The zero-order valence-corrected chi connectivity index (χ0v) is 11.7. The summed E-state index contributed by atoms with van der Waals surface area (Å²) < 4.78 is 5.41. The summed E-state index contributed by atoms with van der Waals surface area (Å²) in [7, 11) is 0. The number of carbonyl (C=O) groups excluding carboxylic acids is 1. The first kappa shape index (κ1) is 15.4. The van der Waals surface area contributed by atoms with Gasteiger partial charge in [0.1, 0.15) is 0 Å². The van der Waals surface area contributed by atoms with E-state index in [9.17, 15) is 4.79 Å². The Balaban J connectivity index is 2.09. The highest BCUT2D eigenvalue weighted by Gasteiger charge is 2.03. The maximum Gasteiger partial charge on any atom is 0.226 e. The molecule has 0 aliphatic heterocycles. The second kappa shape index (κ2) is 8.48. The van der Waals surface area contributed by atoms with Crippen molar-refractivity contribution in [2.75, 3.05) is 25.5 Å². The number of hydrogen-bond acceptors (Lipinski definition) is 4. The van der Waals surface area contributed by atoms with Crippen molar-refractivity contribution >= 4 is 11.6 Å². The average Bonchev–Trinajstić information content (AvgIpc) is 2.36. The van der Waals surface area contributed by atoms with Crippen molar-refractivity contribution in [3.63, 3.8) is 0 Å². The normalized spacial score (nSPS) is 10.7. The van der Waals surface area contributed by atoms with Gasteiger partial charge in [0.25, 0.3) is 0 Å². The summed E-state index contributed by atoms with van der Waals surface area (Å²) in [4.78, 5) is 15.7. The molecule has 0 atom stereocenters. The summed E-state index contributed by atoms with van der Waals surface area (Å²) in [6.45, 7) is 6.14. The SMILES string of the molecule is CC(C)CCOCCNC(=O)Cc1ccc(N)cn1. The number of carbonyl (C=O) groups is 1. The van der Waals surface area contributed by atoms with Crippen LogP contribution in [0, 0.1) is 5.92 Å². The molecule has 5 nitrogen and oxygen atoms in total. The van der Waals surface area contributed by atoms with Gasteiger partial charge in [0.15, 0.2) is 0 Å². The van der Waals surface area contributed by atoms with Crippen LogP contribution in [0.1, 0.15) is 26.0 Å². The zero-order chi connectivity index (χ0) is 14.1. The first-order chi connectivity index (χ1) is 9.08. The molecule has 3 N–H and O–H groups in total. The fraction of sp³-hybridized carbons (Fsp3) is 0.571. The Morgan fingerprint density at radius 1 is 1.42 bits per heavy atom. The summed E-state index contributed by atoms with van der Waals surface area (Å²) in [5, 5.41) is 2.80. The molecule has 0 unspecified atom stereocenters. The van der Waals surface area contributed by atoms with Crippen molar-refractivity contribution in [3.05, 3.63) is 24.0 Å². The Labute approximate surface area is 114 Å². The van der Waals surface area contributed by atoms with E-state index in [1.165, 1.54) is 0 Å². The van der Waals surface area contributed by atoms with Crippen molar-refractivity contribution in [1.82, 2.24) is 10.3 Å². The third kappa shape index (κ3) is 7.41. The lowest BCUT2D eigenvalue weighted by atomic mass is 10.1. The largest absolute Gasteiger partial charge is 0.397 e. The predicted molar refractivity (Wildman–Crippen MR) is 75.6 cm³/mol. The molecule has 106 valence electrons. The minimum atomic E-state index is -0.0512. The zero-order valence-electron chi connectivity index (χ0n) is 11.7. The summed E-state index contributed by atoms with van der Waals surface area (Å²) in [5.74, 6) is 0.593. The number of rotatable bonds is 8. The smallest absolute Gasteiger partial charge is 0.226 e. The second-order valence-electron chi connectivity index (χ2n) is 4.90. The van der Waals surface area contributed by atoms with E-state index >= 15 is 0 Å². The third-order valence-corrected chi connectivity index (χ3v) is 2.60. The van der Waals surface area contributed by atoms with Gasteiger partial charge in [-0.25, -0.2) is 0 Å². The molecule has 1 aromatic heterocycles. The van der Waals surface area contributed by atoms with Crippen LogP contribution in [0.15, 0.2) is 18.3 Å². The van der Waals surface area contributed by atoms with Crippen LogP contribution in [-0.4, -0.2) is 30.6 Å². The van der Waals surface area contributed by atoms with Gasteiger partial charge in [-0.15, -0.1) is 0 Å². The van der Waals surface area contributed by atoms with E-state index in [2.05, 4.69) is 24.1 Å². The fourth-order valence-corrected chi connectivity index (χ4v) is 1.45. The molecule has 19 heavy (non-hydrogen) atoms. The lowest BCUT2D eigenvalue weighted by Gasteiger charge is -2.07. The van der Waals surface area contributed by atoms with Crippen LogP contribution >= 0.6 is 0 Å². The van der Waals surface area contributed by atoms with Crippen LogP contribution in [0.3, 0.4) is 0 Å². The van der Waals surface area contributed by atoms with Gasteiger partial charge in [-0.3, -0.25) is 9.78 Å². The summed E-state index contributed by atoms with van der Waals surface area (Å²) in [6, 6.07) is 3.50. The summed E-state index contributed by atoms with van der Waals surface area (Å²) in [5.41, 5.74) is 6.84. The van der Waals surface area contributed by atoms with Crippen molar-refractivity contribution in [2.45, 2.75) is 26.7 Å². The Morgan fingerprint density at radius 3 is 2.84 bits per heavy atom. The van der Waals surface area contributed by atoms with E-state index < -0.39 is 0 Å². The molecule has 0 aromatic carbocycles. The molecule has 0 aliphatic rings. The summed E-state index contributed by atoms with van der Waals surface area (Å²) in [6.07, 6.45) is 2.87. The van der Waals surface area contributed by atoms with Gasteiger partial charge in [-0.1, -0.05) is 13.8 Å². The standard InChI is InChI=1S/C14H23N3O2/c1-11(2)5-7-19-8-6-16-14(18)9-13-4-3-12(15)10-17-13/h3-4,10-11H,5-9,15H2,1-2H3,(H,16,18). The van der Waals surface area contributed by atoms with E-state index in [1.54, 1.807) is 18.3 Å². The molecule has 1 heterocycles. The molecule has 1 aromatic rings. The lowest BCUT2D eigenvalue weighted by molar-refractivity contribution is -0.120. The van der Waals surface area contributed by atoms with Gasteiger partial charge >= 0.3 is 0 Å². The maximum absolute atomic E-state index is 11.6. The van der Waals surface area contributed by atoms with Gasteiger partial charge in [0, 0.05) is 18.8 Å². The minimum Gasteiger partial charge on any atom is -0.397 e. The molecule has 0 fully saturated rings. The number of anilines is 1. The lowest BCUT2D eigenvalue weighted by Crippen LogP contribution is -2.29. The van der Waals surface area contributed by atoms with Crippen LogP contribution in [-0.2, 0) is 16.0 Å². The number of nitrogens with one attached hydrogen (secondary N) is 1. The van der Waals surface area contributed by atoms with E-state index in [1.807, 2.05) is 0 Å². The van der Waals surface area contributed by atoms with Crippen LogP contribution in [0.2, 0.25) is 0 Å². The predicted octanol–water partition coefficient (Wildman–Crippen LogP) is 1.39. The Kier molecular flexibility index (Phi) is 6.89. The molecule has 0 radical (unpaired) electrons. The van der Waals surface area contributed by atoms with Gasteiger partial charge in [0.05, 0.1) is 24.9 Å². The number of nitrogens with two attached hydrogens (primary N) is 1. The number of pyridine rings is 1. The van der Waals surface area contributed by atoms with E-state index in [0.29, 0.717) is 30.5 Å². The number of nitrogens with zero attached hydrogens (tertiary/aromatic N) is 1. The van der Waals surface area contributed by atoms with Gasteiger partial charge in [-0.05, 0) is 24.5 Å². The highest BCUT2D eigenvalue weighted by molar-refractivity contribution is 5.78. The molecule has 0 spiro atoms. The van der Waals surface area contributed by atoms with E-state index in [4.69, 9.17) is 10.5 Å². The Bertz CT molecular complexity index is 377. The van der Waals surface area contributed by atoms with Crippen molar-refractivity contribution in [2.24, 2.45) is 5.92 Å². The topological polar surface area (TPSA) is 77.2 Å². The third-order valence-electron chi connectivity index (χ3n) is 2.60. The van der Waals surface area contributed by atoms with Gasteiger partial charge < -0.3 is 15.8 Å². The Morgan fingerprint density at radius 2 is 2.21 bits per heavy atom. The molecule has 0 saturated heterocycles. The molecule has 0 saturated carbocycles. The monoisotopic (exact) mass is 265 g/mol. The molecule has 0 bridgehead atoms. The average molecular weight is 265 g/mol. The highest BCUT2D eigenvalue weighted by atomic mass is 16.5. The molecule has 1 amide bonds. The molecule has 5 heteroatoms. The van der Waals surface area contributed by atoms with Gasteiger partial charge in [-0.2, -0.15) is 0 Å². The van der Waals surface area contributed by atoms with Crippen LogP contribution in [0.5, 0.6) is 0 Å². The number of amides is 1. The van der Waals surface area contributed by atoms with Gasteiger partial charge in [0.2, 0.25) is 5.91 Å². The maximum atomic E-state index is 11.6. The van der Waals surface area contributed by atoms with Crippen molar-refractivity contribution in [1.29, 1.82) is 0 Å². The van der Waals surface area contributed by atoms with Crippen LogP contribution in [0.25, 0.3) is 0 Å². The number of ether oxygens (including phenoxy) is 1. The number of aromatic nitrogens is 1. The molecular formula is C14H23N3O2. The second-order valence-corrected chi connectivity index (χ2v) is 4.90. The molecular weight excluding hydrogens is 242 g/mol. The summed E-state index contributed by atoms with van der Waals surface area (Å²) >= 11 is 0.